The molecule has 0 saturated carbocycles. The molecular formula is C14H16N3O6PS. The third-order valence-electron chi connectivity index (χ3n) is 2.67. The van der Waals surface area contributed by atoms with Crippen molar-refractivity contribution in [3.8, 4) is 17.5 Å². The zero-order valence-corrected chi connectivity index (χ0v) is 15.2. The summed E-state index contributed by atoms with van der Waals surface area (Å²) in [6, 6.07) is 8.65. The van der Waals surface area contributed by atoms with E-state index in [2.05, 4.69) is 10.2 Å². The molecule has 134 valence electrons. The van der Waals surface area contributed by atoms with E-state index in [4.69, 9.17) is 30.1 Å². The number of hydrogen-bond acceptors (Lipinski definition) is 9. The van der Waals surface area contributed by atoms with Gasteiger partial charge in [0.05, 0.1) is 18.1 Å². The fraction of sp³-hybridized carbons (Fsp3) is 0.286. The summed E-state index contributed by atoms with van der Waals surface area (Å²) < 4.78 is 21.7. The van der Waals surface area contributed by atoms with E-state index in [1.54, 1.807) is 13.8 Å². The van der Waals surface area contributed by atoms with Gasteiger partial charge in [-0.15, -0.1) is 10.2 Å². The van der Waals surface area contributed by atoms with Gasteiger partial charge in [-0.05, 0) is 26.0 Å². The van der Waals surface area contributed by atoms with E-state index in [9.17, 15) is 10.1 Å². The number of nitrogens with zero attached hydrogens (tertiary/aromatic N) is 3. The van der Waals surface area contributed by atoms with Crippen LogP contribution in [0.4, 0.5) is 5.69 Å². The highest BCUT2D eigenvalue weighted by Crippen LogP contribution is 2.49. The van der Waals surface area contributed by atoms with Gasteiger partial charge in [-0.3, -0.25) is 19.2 Å². The highest BCUT2D eigenvalue weighted by molar-refractivity contribution is 8.07. The van der Waals surface area contributed by atoms with Gasteiger partial charge in [0.1, 0.15) is 5.75 Å². The smallest absolute Gasteiger partial charge is 0.381 e. The van der Waals surface area contributed by atoms with Crippen molar-refractivity contribution in [2.45, 2.75) is 13.8 Å². The second kappa shape index (κ2) is 8.82. The Kier molecular flexibility index (Phi) is 6.77. The molecule has 0 atom stereocenters. The number of nitro benzene ring substituents is 1. The van der Waals surface area contributed by atoms with Gasteiger partial charge in [-0.25, -0.2) is 0 Å². The van der Waals surface area contributed by atoms with Gasteiger partial charge in [-0.2, -0.15) is 0 Å². The molecule has 0 saturated heterocycles. The van der Waals surface area contributed by atoms with Crippen LogP contribution in [0.1, 0.15) is 13.8 Å². The quantitative estimate of drug-likeness (QED) is 0.361. The minimum atomic E-state index is -2.91. The fourth-order valence-electron chi connectivity index (χ4n) is 1.69. The van der Waals surface area contributed by atoms with E-state index in [1.165, 1.54) is 36.4 Å². The molecule has 0 aliphatic heterocycles. The van der Waals surface area contributed by atoms with Crippen LogP contribution in [0.3, 0.4) is 0 Å². The van der Waals surface area contributed by atoms with E-state index in [-0.39, 0.29) is 17.4 Å². The van der Waals surface area contributed by atoms with E-state index < -0.39 is 11.6 Å². The van der Waals surface area contributed by atoms with Crippen LogP contribution in [0.2, 0.25) is 0 Å². The van der Waals surface area contributed by atoms with Crippen molar-refractivity contribution in [2.24, 2.45) is 0 Å². The van der Waals surface area contributed by atoms with Crippen molar-refractivity contribution in [1.29, 1.82) is 0 Å². The number of hydrogen-bond donors (Lipinski definition) is 0. The van der Waals surface area contributed by atoms with Gasteiger partial charge >= 0.3 is 6.72 Å². The molecule has 0 bridgehead atoms. The summed E-state index contributed by atoms with van der Waals surface area (Å²) in [6.45, 7) is 1.37. The van der Waals surface area contributed by atoms with Gasteiger partial charge in [0.2, 0.25) is 11.8 Å². The zero-order chi connectivity index (χ0) is 18.3. The molecule has 1 aromatic carbocycles. The molecule has 0 radical (unpaired) electrons. The van der Waals surface area contributed by atoms with Crippen LogP contribution in [0.25, 0.3) is 0 Å². The molecule has 0 fully saturated rings. The van der Waals surface area contributed by atoms with Crippen molar-refractivity contribution in [3.05, 3.63) is 46.5 Å². The van der Waals surface area contributed by atoms with Crippen LogP contribution in [0, 0.1) is 10.1 Å². The second-order valence-corrected chi connectivity index (χ2v) is 7.37. The molecule has 0 N–H and O–H groups in total. The summed E-state index contributed by atoms with van der Waals surface area (Å²) >= 11 is 5.24. The maximum absolute atomic E-state index is 10.6. The summed E-state index contributed by atoms with van der Waals surface area (Å²) in [4.78, 5) is 10.1. The van der Waals surface area contributed by atoms with Crippen LogP contribution in [-0.4, -0.2) is 28.3 Å². The maximum atomic E-state index is 10.6. The summed E-state index contributed by atoms with van der Waals surface area (Å²) in [5.41, 5.74) is -0.0280. The van der Waals surface area contributed by atoms with E-state index in [0.29, 0.717) is 19.0 Å². The predicted molar refractivity (Wildman–Crippen MR) is 93.4 cm³/mol. The molecule has 11 heteroatoms. The van der Waals surface area contributed by atoms with Crippen LogP contribution >= 0.6 is 6.72 Å². The molecule has 25 heavy (non-hydrogen) atoms. The third kappa shape index (κ3) is 5.71. The normalized spacial score (nSPS) is 11.1. The minimum absolute atomic E-state index is 0.0280. The number of aromatic nitrogens is 2. The first kappa shape index (κ1) is 19.2. The van der Waals surface area contributed by atoms with Crippen molar-refractivity contribution >= 4 is 24.2 Å². The fourth-order valence-corrected chi connectivity index (χ4v) is 3.69. The zero-order valence-electron chi connectivity index (χ0n) is 13.5. The Morgan fingerprint density at radius 2 is 1.60 bits per heavy atom. The number of ether oxygens (including phenoxy) is 1. The molecule has 0 spiro atoms. The van der Waals surface area contributed by atoms with E-state index in [1.807, 2.05) is 0 Å². The summed E-state index contributed by atoms with van der Waals surface area (Å²) in [6.07, 6.45) is 0. The molecular weight excluding hydrogens is 369 g/mol. The van der Waals surface area contributed by atoms with Crippen LogP contribution in [0.5, 0.6) is 17.5 Å². The molecule has 0 unspecified atom stereocenters. The van der Waals surface area contributed by atoms with Gasteiger partial charge in [-0.1, -0.05) is 0 Å². The van der Waals surface area contributed by atoms with E-state index >= 15 is 0 Å². The van der Waals surface area contributed by atoms with E-state index in [0.717, 1.165) is 0 Å². The summed E-state index contributed by atoms with van der Waals surface area (Å²) in [7, 11) is 0. The summed E-state index contributed by atoms with van der Waals surface area (Å²) in [5, 5.41) is 18.3. The molecule has 0 aliphatic rings. The standard InChI is InChI=1S/C14H16N3O6PS/c1-3-20-24(25,21-4-2)23-14-10-9-13(15-16-14)22-12-7-5-11(6-8-12)17(18)19/h5-10H,3-4H2,1-2H3. The van der Waals surface area contributed by atoms with Crippen LogP contribution < -0.4 is 9.26 Å². The Balaban J connectivity index is 2.04. The third-order valence-corrected chi connectivity index (χ3v) is 5.08. The SMILES string of the molecule is CCOP(=S)(OCC)Oc1ccc(Oc2ccc([N+](=O)[O-])cc2)nn1. The van der Waals surface area contributed by atoms with Gasteiger partial charge < -0.3 is 9.26 Å². The van der Waals surface area contributed by atoms with Crippen molar-refractivity contribution in [1.82, 2.24) is 10.2 Å². The maximum Gasteiger partial charge on any atom is 0.381 e. The summed E-state index contributed by atoms with van der Waals surface area (Å²) in [5.74, 6) is 0.742. The van der Waals surface area contributed by atoms with Gasteiger partial charge in [0, 0.05) is 36.1 Å². The number of rotatable bonds is 9. The number of non-ortho nitro benzene ring substituents is 1. The average molecular weight is 385 g/mol. The first-order chi connectivity index (χ1) is 12.0. The first-order valence-corrected chi connectivity index (χ1v) is 9.86. The monoisotopic (exact) mass is 385 g/mol. The average Bonchev–Trinajstić information content (AvgIpc) is 2.57. The Labute approximate surface area is 149 Å². The Hall–Kier alpha value is -2.13. The highest BCUT2D eigenvalue weighted by Gasteiger charge is 2.22. The van der Waals surface area contributed by atoms with Crippen LogP contribution in [-0.2, 0) is 20.9 Å². The molecule has 1 aromatic heterocycles. The largest absolute Gasteiger partial charge is 0.438 e. The van der Waals surface area contributed by atoms with Crippen molar-refractivity contribution in [2.75, 3.05) is 13.2 Å². The Morgan fingerprint density at radius 3 is 2.08 bits per heavy atom. The lowest BCUT2D eigenvalue weighted by molar-refractivity contribution is -0.384. The van der Waals surface area contributed by atoms with Crippen molar-refractivity contribution < 1.29 is 23.2 Å². The molecule has 0 amide bonds. The predicted octanol–water partition coefficient (Wildman–Crippen LogP) is 3.85. The second-order valence-electron chi connectivity index (χ2n) is 4.44. The molecule has 1 heterocycles. The lowest BCUT2D eigenvalue weighted by Gasteiger charge is -2.19. The number of benzene rings is 1. The first-order valence-electron chi connectivity index (χ1n) is 7.30. The molecule has 0 aliphatic carbocycles. The lowest BCUT2D eigenvalue weighted by Crippen LogP contribution is -2.03. The Morgan fingerprint density at radius 1 is 1.04 bits per heavy atom. The topological polar surface area (TPSA) is 106 Å². The van der Waals surface area contributed by atoms with Gasteiger partial charge in [0.15, 0.2) is 0 Å². The highest BCUT2D eigenvalue weighted by atomic mass is 32.5. The van der Waals surface area contributed by atoms with Crippen molar-refractivity contribution in [3.63, 3.8) is 0 Å². The van der Waals surface area contributed by atoms with Gasteiger partial charge in [0.25, 0.3) is 5.69 Å². The Bertz CT molecular complexity index is 746. The van der Waals surface area contributed by atoms with Crippen LogP contribution in [0.15, 0.2) is 36.4 Å². The minimum Gasteiger partial charge on any atom is -0.438 e. The molecule has 9 nitrogen and oxygen atoms in total. The lowest BCUT2D eigenvalue weighted by atomic mass is 10.3. The molecule has 2 rings (SSSR count). The number of nitro groups is 1. The molecule has 2 aromatic rings.